The number of carbonyl (C=O) groups excluding carboxylic acids is 2. The monoisotopic (exact) mass is 296 g/mol. The zero-order valence-corrected chi connectivity index (χ0v) is 12.0. The van der Waals surface area contributed by atoms with Gasteiger partial charge in [0, 0.05) is 13.3 Å². The number of hydrogen-bond donors (Lipinski definition) is 4. The number of phenols is 2. The van der Waals surface area contributed by atoms with Gasteiger partial charge >= 0.3 is 5.97 Å². The van der Waals surface area contributed by atoms with E-state index in [4.69, 9.17) is 10.5 Å². The van der Waals surface area contributed by atoms with E-state index in [1.54, 1.807) is 6.07 Å². The van der Waals surface area contributed by atoms with Gasteiger partial charge in [0.05, 0.1) is 6.54 Å². The van der Waals surface area contributed by atoms with E-state index in [2.05, 4.69) is 5.32 Å². The van der Waals surface area contributed by atoms with E-state index < -0.39 is 11.5 Å². The molecule has 0 aliphatic heterocycles. The minimum Gasteiger partial charge on any atom is -0.504 e. The van der Waals surface area contributed by atoms with Crippen LogP contribution >= 0.6 is 0 Å². The first-order valence-electron chi connectivity index (χ1n) is 6.44. The molecule has 116 valence electrons. The topological polar surface area (TPSA) is 122 Å². The van der Waals surface area contributed by atoms with E-state index in [1.807, 2.05) is 0 Å². The number of benzene rings is 1. The molecular formula is C14H20N2O5. The van der Waals surface area contributed by atoms with Crippen molar-refractivity contribution < 1.29 is 24.5 Å². The van der Waals surface area contributed by atoms with Crippen molar-refractivity contribution in [2.75, 3.05) is 13.2 Å². The molecule has 1 aromatic rings. The number of carbonyl (C=O) groups is 2. The van der Waals surface area contributed by atoms with Crippen molar-refractivity contribution in [1.82, 2.24) is 5.32 Å². The van der Waals surface area contributed by atoms with Crippen molar-refractivity contribution in [2.24, 2.45) is 5.73 Å². The van der Waals surface area contributed by atoms with Gasteiger partial charge in [-0.05, 0) is 24.6 Å². The summed E-state index contributed by atoms with van der Waals surface area (Å²) >= 11 is 0. The first-order chi connectivity index (χ1) is 9.72. The molecule has 1 aromatic carbocycles. The second kappa shape index (κ2) is 6.94. The van der Waals surface area contributed by atoms with Crippen molar-refractivity contribution in [2.45, 2.75) is 25.8 Å². The Bertz CT molecular complexity index is 528. The lowest BCUT2D eigenvalue weighted by Gasteiger charge is -2.22. The first kappa shape index (κ1) is 16.8. The molecule has 0 bridgehead atoms. The lowest BCUT2D eigenvalue weighted by atomic mass is 9.94. The van der Waals surface area contributed by atoms with Crippen LogP contribution in [-0.4, -0.2) is 40.8 Å². The lowest BCUT2D eigenvalue weighted by Crippen LogP contribution is -2.48. The Labute approximate surface area is 122 Å². The van der Waals surface area contributed by atoms with Crippen LogP contribution in [0.4, 0.5) is 0 Å². The predicted octanol–water partition coefficient (Wildman–Crippen LogP) is 0.0370. The van der Waals surface area contributed by atoms with E-state index in [-0.39, 0.29) is 37.0 Å². The molecule has 1 amide bonds. The number of amides is 1. The Kier molecular flexibility index (Phi) is 5.54. The molecule has 0 spiro atoms. The van der Waals surface area contributed by atoms with Crippen LogP contribution in [0.25, 0.3) is 0 Å². The Morgan fingerprint density at radius 2 is 2.00 bits per heavy atom. The minimum atomic E-state index is -1.28. The average molecular weight is 296 g/mol. The van der Waals surface area contributed by atoms with Crippen molar-refractivity contribution in [3.63, 3.8) is 0 Å². The smallest absolute Gasteiger partial charge is 0.326 e. The van der Waals surface area contributed by atoms with Crippen LogP contribution in [0.3, 0.4) is 0 Å². The fraction of sp³-hybridized carbons (Fsp3) is 0.429. The van der Waals surface area contributed by atoms with E-state index in [1.165, 1.54) is 26.0 Å². The second-order valence-electron chi connectivity index (χ2n) is 5.04. The molecule has 1 atom stereocenters. The minimum absolute atomic E-state index is 0.0338. The van der Waals surface area contributed by atoms with E-state index >= 15 is 0 Å². The van der Waals surface area contributed by atoms with E-state index in [0.717, 1.165) is 0 Å². The number of ether oxygens (including phenoxy) is 1. The number of esters is 1. The number of phenolic OH excluding ortho intramolecular Hbond substituents is 2. The number of nitrogens with two attached hydrogens (primary N) is 1. The molecule has 7 nitrogen and oxygen atoms in total. The second-order valence-corrected chi connectivity index (χ2v) is 5.04. The lowest BCUT2D eigenvalue weighted by molar-refractivity contribution is -0.149. The Hall–Kier alpha value is -2.28. The Balaban J connectivity index is 2.56. The van der Waals surface area contributed by atoms with Crippen LogP contribution in [0.5, 0.6) is 11.5 Å². The van der Waals surface area contributed by atoms with Gasteiger partial charge in [-0.2, -0.15) is 0 Å². The summed E-state index contributed by atoms with van der Waals surface area (Å²) in [6.07, 6.45) is 0.139. The van der Waals surface area contributed by atoms with Crippen molar-refractivity contribution >= 4 is 11.9 Å². The Morgan fingerprint density at radius 3 is 2.57 bits per heavy atom. The summed E-state index contributed by atoms with van der Waals surface area (Å²) in [4.78, 5) is 22.6. The van der Waals surface area contributed by atoms with Gasteiger partial charge in [0.15, 0.2) is 11.5 Å². The highest BCUT2D eigenvalue weighted by Gasteiger charge is 2.30. The normalized spacial score (nSPS) is 13.3. The van der Waals surface area contributed by atoms with Crippen LogP contribution < -0.4 is 11.1 Å². The fourth-order valence-electron chi connectivity index (χ4n) is 1.71. The van der Waals surface area contributed by atoms with Gasteiger partial charge in [-0.25, -0.2) is 0 Å². The SMILES string of the molecule is CC(=O)NCCOC(=O)[C@@](C)(N)Cc1ccc(O)c(O)c1. The third-order valence-corrected chi connectivity index (χ3v) is 2.79. The predicted molar refractivity (Wildman–Crippen MR) is 75.7 cm³/mol. The molecule has 0 aromatic heterocycles. The first-order valence-corrected chi connectivity index (χ1v) is 6.44. The summed E-state index contributed by atoms with van der Waals surface area (Å²) < 4.78 is 4.99. The molecule has 0 aliphatic carbocycles. The summed E-state index contributed by atoms with van der Waals surface area (Å²) in [7, 11) is 0. The number of aromatic hydroxyl groups is 2. The van der Waals surface area contributed by atoms with E-state index in [9.17, 15) is 19.8 Å². The maximum Gasteiger partial charge on any atom is 0.326 e. The maximum atomic E-state index is 11.9. The summed E-state index contributed by atoms with van der Waals surface area (Å²) in [6, 6.07) is 4.22. The molecule has 0 saturated carbocycles. The Morgan fingerprint density at radius 1 is 1.33 bits per heavy atom. The van der Waals surface area contributed by atoms with Gasteiger partial charge in [0.2, 0.25) is 5.91 Å². The average Bonchev–Trinajstić information content (AvgIpc) is 2.38. The molecule has 5 N–H and O–H groups in total. The highest BCUT2D eigenvalue weighted by atomic mass is 16.5. The largest absolute Gasteiger partial charge is 0.504 e. The number of rotatable bonds is 6. The van der Waals surface area contributed by atoms with Crippen LogP contribution in [0.2, 0.25) is 0 Å². The summed E-state index contributed by atoms with van der Waals surface area (Å²) in [5.41, 5.74) is 5.23. The standard InChI is InChI=1S/C14H20N2O5/c1-9(17)16-5-6-21-13(20)14(2,15)8-10-3-4-11(18)12(19)7-10/h3-4,7,18-19H,5-6,8,15H2,1-2H3,(H,16,17)/t14-/m0/s1. The van der Waals surface area contributed by atoms with Crippen molar-refractivity contribution in [1.29, 1.82) is 0 Å². The zero-order chi connectivity index (χ0) is 16.0. The third kappa shape index (κ3) is 5.31. The number of nitrogens with one attached hydrogen (secondary N) is 1. The molecule has 1 rings (SSSR count). The van der Waals surface area contributed by atoms with Crippen molar-refractivity contribution in [3.05, 3.63) is 23.8 Å². The highest BCUT2D eigenvalue weighted by Crippen LogP contribution is 2.26. The molecule has 0 aliphatic rings. The molecule has 0 saturated heterocycles. The summed E-state index contributed by atoms with van der Waals surface area (Å²) in [6.45, 7) is 3.13. The van der Waals surface area contributed by atoms with Gasteiger partial charge in [-0.3, -0.25) is 9.59 Å². The maximum absolute atomic E-state index is 11.9. The zero-order valence-electron chi connectivity index (χ0n) is 12.0. The van der Waals surface area contributed by atoms with Gasteiger partial charge in [-0.15, -0.1) is 0 Å². The van der Waals surface area contributed by atoms with Gasteiger partial charge < -0.3 is 26.0 Å². The van der Waals surface area contributed by atoms with Crippen molar-refractivity contribution in [3.8, 4) is 11.5 Å². The summed E-state index contributed by atoms with van der Waals surface area (Å²) in [5, 5.41) is 21.1. The summed E-state index contributed by atoms with van der Waals surface area (Å²) in [5.74, 6) is -1.33. The van der Waals surface area contributed by atoms with Crippen LogP contribution in [0.15, 0.2) is 18.2 Å². The van der Waals surface area contributed by atoms with Crippen LogP contribution in [0, 0.1) is 0 Å². The third-order valence-electron chi connectivity index (χ3n) is 2.79. The fourth-order valence-corrected chi connectivity index (χ4v) is 1.71. The quantitative estimate of drug-likeness (QED) is 0.334. The molecule has 0 radical (unpaired) electrons. The molecule has 0 heterocycles. The molecule has 0 fully saturated rings. The highest BCUT2D eigenvalue weighted by molar-refractivity contribution is 5.80. The van der Waals surface area contributed by atoms with Crippen LogP contribution in [-0.2, 0) is 20.7 Å². The molecule has 7 heteroatoms. The van der Waals surface area contributed by atoms with E-state index in [0.29, 0.717) is 5.56 Å². The van der Waals surface area contributed by atoms with Gasteiger partial charge in [0.1, 0.15) is 12.1 Å². The van der Waals surface area contributed by atoms with Gasteiger partial charge in [0.25, 0.3) is 0 Å². The molecular weight excluding hydrogens is 276 g/mol. The number of hydrogen-bond acceptors (Lipinski definition) is 6. The van der Waals surface area contributed by atoms with Crippen LogP contribution in [0.1, 0.15) is 19.4 Å². The van der Waals surface area contributed by atoms with Gasteiger partial charge in [-0.1, -0.05) is 6.07 Å². The molecule has 0 unspecified atom stereocenters. The molecule has 21 heavy (non-hydrogen) atoms.